The maximum Gasteiger partial charge on any atom is 0.0945 e. The molecule has 0 aliphatic heterocycles. The Hall–Kier alpha value is -1.20. The second-order valence-corrected chi connectivity index (χ2v) is 4.46. The van der Waals surface area contributed by atoms with E-state index in [-0.39, 0.29) is 0 Å². The van der Waals surface area contributed by atoms with Crippen molar-refractivity contribution in [3.05, 3.63) is 35.3 Å². The molecule has 0 aromatic carbocycles. The summed E-state index contributed by atoms with van der Waals surface area (Å²) in [6.45, 7) is 4.15. The molecule has 1 atom stereocenters. The number of nitrogens with zero attached hydrogens (tertiary/aromatic N) is 3. The van der Waals surface area contributed by atoms with Gasteiger partial charge in [-0.2, -0.15) is 0 Å². The van der Waals surface area contributed by atoms with Gasteiger partial charge >= 0.3 is 0 Å². The molecule has 4 nitrogen and oxygen atoms in total. The molecule has 0 saturated heterocycles. The second-order valence-electron chi connectivity index (χ2n) is 3.74. The lowest BCUT2D eigenvalue weighted by molar-refractivity contribution is 0.520. The predicted octanol–water partition coefficient (Wildman–Crippen LogP) is 2.08. The fourth-order valence-electron chi connectivity index (χ4n) is 1.54. The van der Waals surface area contributed by atoms with E-state index in [1.54, 1.807) is 11.3 Å². The number of aromatic nitrogens is 3. The molecular formula is C11H16N4S. The van der Waals surface area contributed by atoms with E-state index in [4.69, 9.17) is 0 Å². The quantitative estimate of drug-likeness (QED) is 0.781. The Bertz CT molecular complexity index is 382. The second kappa shape index (κ2) is 5.77. The van der Waals surface area contributed by atoms with Crippen molar-refractivity contribution < 1.29 is 0 Å². The van der Waals surface area contributed by atoms with Crippen molar-refractivity contribution in [1.82, 2.24) is 19.9 Å². The minimum absolute atomic E-state index is 0.342. The van der Waals surface area contributed by atoms with Crippen LogP contribution < -0.4 is 5.32 Å². The number of imidazole rings is 1. The third-order valence-electron chi connectivity index (χ3n) is 2.50. The Morgan fingerprint density at radius 2 is 2.50 bits per heavy atom. The number of hydrogen-bond acceptors (Lipinski definition) is 4. The lowest BCUT2D eigenvalue weighted by Gasteiger charge is -2.11. The Labute approximate surface area is 99.4 Å². The summed E-state index contributed by atoms with van der Waals surface area (Å²) in [5.74, 6) is 0. The zero-order chi connectivity index (χ0) is 11.2. The molecule has 0 aliphatic rings. The Kier molecular flexibility index (Phi) is 4.07. The summed E-state index contributed by atoms with van der Waals surface area (Å²) < 4.78 is 2.09. The largest absolute Gasteiger partial charge is 0.337 e. The molecule has 0 radical (unpaired) electrons. The molecule has 16 heavy (non-hydrogen) atoms. The van der Waals surface area contributed by atoms with E-state index in [1.165, 1.54) is 0 Å². The lowest BCUT2D eigenvalue weighted by Crippen LogP contribution is -2.21. The summed E-state index contributed by atoms with van der Waals surface area (Å²) in [7, 11) is 0. The lowest BCUT2D eigenvalue weighted by atomic mass is 10.2. The van der Waals surface area contributed by atoms with Gasteiger partial charge in [0.25, 0.3) is 0 Å². The van der Waals surface area contributed by atoms with E-state index in [0.29, 0.717) is 6.04 Å². The highest BCUT2D eigenvalue weighted by Gasteiger charge is 2.05. The summed E-state index contributed by atoms with van der Waals surface area (Å²) in [5, 5.41) is 5.55. The zero-order valence-corrected chi connectivity index (χ0v) is 10.2. The molecule has 0 amide bonds. The van der Waals surface area contributed by atoms with Gasteiger partial charge in [0.05, 0.1) is 17.5 Å². The fraction of sp³-hybridized carbons (Fsp3) is 0.455. The topological polar surface area (TPSA) is 42.7 Å². The molecule has 1 unspecified atom stereocenters. The summed E-state index contributed by atoms with van der Waals surface area (Å²) in [4.78, 5) is 8.30. The minimum Gasteiger partial charge on any atom is -0.337 e. The smallest absolute Gasteiger partial charge is 0.0945 e. The van der Waals surface area contributed by atoms with Crippen molar-refractivity contribution >= 4 is 11.3 Å². The Morgan fingerprint density at radius 1 is 1.56 bits per heavy atom. The van der Waals surface area contributed by atoms with Gasteiger partial charge in [-0.3, -0.25) is 0 Å². The van der Waals surface area contributed by atoms with Crippen molar-refractivity contribution in [1.29, 1.82) is 0 Å². The number of aryl methyl sites for hydroxylation is 1. The first kappa shape index (κ1) is 11.3. The molecule has 0 aliphatic carbocycles. The average Bonchev–Trinajstić information content (AvgIpc) is 2.96. The van der Waals surface area contributed by atoms with Crippen LogP contribution in [0.1, 0.15) is 25.1 Å². The molecule has 0 fully saturated rings. The zero-order valence-electron chi connectivity index (χ0n) is 9.34. The molecule has 86 valence electrons. The molecule has 0 bridgehead atoms. The molecule has 5 heteroatoms. The molecular weight excluding hydrogens is 220 g/mol. The fourth-order valence-corrected chi connectivity index (χ4v) is 2.19. The first-order valence-corrected chi connectivity index (χ1v) is 6.38. The molecule has 1 N–H and O–H groups in total. The van der Waals surface area contributed by atoms with Crippen LogP contribution in [0.3, 0.4) is 0 Å². The van der Waals surface area contributed by atoms with Gasteiger partial charge in [0, 0.05) is 30.4 Å². The summed E-state index contributed by atoms with van der Waals surface area (Å²) in [5.41, 5.74) is 3.01. The van der Waals surface area contributed by atoms with E-state index in [9.17, 15) is 0 Å². The van der Waals surface area contributed by atoms with Gasteiger partial charge in [0.1, 0.15) is 0 Å². The van der Waals surface area contributed by atoms with Crippen LogP contribution in [-0.4, -0.2) is 21.1 Å². The van der Waals surface area contributed by atoms with Gasteiger partial charge < -0.3 is 9.88 Å². The van der Waals surface area contributed by atoms with Crippen LogP contribution in [0, 0.1) is 0 Å². The van der Waals surface area contributed by atoms with Crippen LogP contribution in [0.2, 0.25) is 0 Å². The van der Waals surface area contributed by atoms with Gasteiger partial charge in [-0.25, -0.2) is 9.97 Å². The third kappa shape index (κ3) is 3.15. The van der Waals surface area contributed by atoms with E-state index in [0.717, 1.165) is 25.2 Å². The highest BCUT2D eigenvalue weighted by molar-refractivity contribution is 7.07. The van der Waals surface area contributed by atoms with Gasteiger partial charge in [-0.1, -0.05) is 0 Å². The third-order valence-corrected chi connectivity index (χ3v) is 3.10. The SMILES string of the molecule is CC(NCCCn1ccnc1)c1cscn1. The summed E-state index contributed by atoms with van der Waals surface area (Å²) in [6, 6.07) is 0.342. The van der Waals surface area contributed by atoms with Gasteiger partial charge in [0.15, 0.2) is 0 Å². The standard InChI is InChI=1S/C11H16N4S/c1-10(11-7-16-9-14-11)13-3-2-5-15-6-4-12-8-15/h4,6-10,13H,2-3,5H2,1H3. The highest BCUT2D eigenvalue weighted by atomic mass is 32.1. The predicted molar refractivity (Wildman–Crippen MR) is 65.4 cm³/mol. The molecule has 0 spiro atoms. The first-order chi connectivity index (χ1) is 7.86. The number of thiazole rings is 1. The highest BCUT2D eigenvalue weighted by Crippen LogP contribution is 2.11. The molecule has 2 rings (SSSR count). The first-order valence-electron chi connectivity index (χ1n) is 5.43. The van der Waals surface area contributed by atoms with Crippen molar-refractivity contribution in [2.75, 3.05) is 6.54 Å². The van der Waals surface area contributed by atoms with Crippen molar-refractivity contribution in [2.24, 2.45) is 0 Å². The van der Waals surface area contributed by atoms with Crippen LogP contribution in [0.15, 0.2) is 29.6 Å². The van der Waals surface area contributed by atoms with E-state index in [2.05, 4.69) is 32.2 Å². The molecule has 2 aromatic rings. The van der Waals surface area contributed by atoms with E-state index < -0.39 is 0 Å². The van der Waals surface area contributed by atoms with Crippen molar-refractivity contribution in [2.45, 2.75) is 25.9 Å². The van der Waals surface area contributed by atoms with Gasteiger partial charge in [0.2, 0.25) is 0 Å². The van der Waals surface area contributed by atoms with Crippen LogP contribution >= 0.6 is 11.3 Å². The molecule has 0 saturated carbocycles. The van der Waals surface area contributed by atoms with Crippen molar-refractivity contribution in [3.8, 4) is 0 Å². The Morgan fingerprint density at radius 3 is 3.19 bits per heavy atom. The van der Waals surface area contributed by atoms with Crippen LogP contribution in [0.4, 0.5) is 0 Å². The number of nitrogens with one attached hydrogen (secondary N) is 1. The Balaban J connectivity index is 1.65. The van der Waals surface area contributed by atoms with Crippen LogP contribution in [0.25, 0.3) is 0 Å². The van der Waals surface area contributed by atoms with Crippen LogP contribution in [0.5, 0.6) is 0 Å². The average molecular weight is 236 g/mol. The summed E-state index contributed by atoms with van der Waals surface area (Å²) in [6.07, 6.45) is 6.75. The summed E-state index contributed by atoms with van der Waals surface area (Å²) >= 11 is 1.64. The normalized spacial score (nSPS) is 12.8. The maximum absolute atomic E-state index is 4.29. The maximum atomic E-state index is 4.29. The van der Waals surface area contributed by atoms with Gasteiger partial charge in [-0.15, -0.1) is 11.3 Å². The monoisotopic (exact) mass is 236 g/mol. The van der Waals surface area contributed by atoms with Crippen LogP contribution in [-0.2, 0) is 6.54 Å². The molecule has 2 aromatic heterocycles. The molecule has 2 heterocycles. The van der Waals surface area contributed by atoms with E-state index >= 15 is 0 Å². The minimum atomic E-state index is 0.342. The number of rotatable bonds is 6. The van der Waals surface area contributed by atoms with Gasteiger partial charge in [-0.05, 0) is 19.9 Å². The number of hydrogen-bond donors (Lipinski definition) is 1. The van der Waals surface area contributed by atoms with E-state index in [1.807, 2.05) is 24.2 Å². The van der Waals surface area contributed by atoms with Crippen molar-refractivity contribution in [3.63, 3.8) is 0 Å².